The maximum absolute atomic E-state index is 14.7. The monoisotopic (exact) mass is 523 g/mol. The van der Waals surface area contributed by atoms with Crippen molar-refractivity contribution in [2.45, 2.75) is 32.6 Å². The molecular formula is C28H31F2N5O3. The number of ether oxygens (including phenoxy) is 2. The highest BCUT2D eigenvalue weighted by molar-refractivity contribution is 5.98. The number of aromatic nitrogens is 3. The first kappa shape index (κ1) is 27.2. The average Bonchev–Trinajstić information content (AvgIpc) is 3.34. The van der Waals surface area contributed by atoms with Crippen molar-refractivity contribution >= 4 is 22.9 Å². The summed E-state index contributed by atoms with van der Waals surface area (Å²) in [5, 5.41) is 3.23. The number of fused-ring (bicyclic) bond motifs is 1. The summed E-state index contributed by atoms with van der Waals surface area (Å²) in [6, 6.07) is 7.80. The first-order valence-corrected chi connectivity index (χ1v) is 12.5. The third kappa shape index (κ3) is 5.98. The summed E-state index contributed by atoms with van der Waals surface area (Å²) < 4.78 is 41.4. The summed E-state index contributed by atoms with van der Waals surface area (Å²) in [5.74, 6) is -0.927. The maximum Gasteiger partial charge on any atom is 0.180 e. The van der Waals surface area contributed by atoms with Gasteiger partial charge in [0.05, 0.1) is 31.2 Å². The van der Waals surface area contributed by atoms with E-state index in [1.165, 1.54) is 19.5 Å². The van der Waals surface area contributed by atoms with Gasteiger partial charge in [-0.15, -0.1) is 0 Å². The number of anilines is 2. The highest BCUT2D eigenvalue weighted by Crippen LogP contribution is 2.32. The normalized spacial score (nSPS) is 11.2. The van der Waals surface area contributed by atoms with E-state index < -0.39 is 11.6 Å². The first-order valence-electron chi connectivity index (χ1n) is 12.5. The van der Waals surface area contributed by atoms with Crippen molar-refractivity contribution in [3.63, 3.8) is 0 Å². The van der Waals surface area contributed by atoms with Crippen LogP contribution < -0.4 is 15.8 Å². The summed E-state index contributed by atoms with van der Waals surface area (Å²) in [5.41, 5.74) is 8.17. The van der Waals surface area contributed by atoms with Gasteiger partial charge >= 0.3 is 0 Å². The molecule has 10 heteroatoms. The van der Waals surface area contributed by atoms with Gasteiger partial charge < -0.3 is 20.5 Å². The Morgan fingerprint density at radius 1 is 1.11 bits per heavy atom. The van der Waals surface area contributed by atoms with Crippen LogP contribution >= 0.6 is 0 Å². The number of rotatable bonds is 13. The van der Waals surface area contributed by atoms with Crippen molar-refractivity contribution < 1.29 is 23.0 Å². The van der Waals surface area contributed by atoms with E-state index in [0.29, 0.717) is 49.6 Å². The summed E-state index contributed by atoms with van der Waals surface area (Å²) in [6.45, 7) is 3.61. The molecule has 0 atom stereocenters. The lowest BCUT2D eigenvalue weighted by Gasteiger charge is -2.12. The number of ketones is 1. The zero-order valence-electron chi connectivity index (χ0n) is 21.5. The second-order valence-electron chi connectivity index (χ2n) is 8.71. The fraction of sp³-hybridized carbons (Fsp3) is 0.321. The molecule has 0 amide bonds. The molecule has 0 bridgehead atoms. The average molecular weight is 524 g/mol. The number of nitrogens with one attached hydrogen (secondary N) is 1. The molecule has 0 spiro atoms. The molecule has 200 valence electrons. The molecular weight excluding hydrogens is 492 g/mol. The maximum atomic E-state index is 14.7. The van der Waals surface area contributed by atoms with Gasteiger partial charge in [-0.05, 0) is 43.0 Å². The fourth-order valence-corrected chi connectivity index (χ4v) is 4.29. The van der Waals surface area contributed by atoms with E-state index in [1.807, 2.05) is 25.1 Å². The molecule has 0 saturated heterocycles. The van der Waals surface area contributed by atoms with E-state index >= 15 is 0 Å². The first-order chi connectivity index (χ1) is 18.5. The molecule has 0 aliphatic rings. The van der Waals surface area contributed by atoms with Crippen LogP contribution in [0, 0.1) is 11.6 Å². The van der Waals surface area contributed by atoms with E-state index in [2.05, 4.69) is 15.3 Å². The zero-order chi connectivity index (χ0) is 27.1. The third-order valence-corrected chi connectivity index (χ3v) is 6.19. The van der Waals surface area contributed by atoms with Gasteiger partial charge in [0.25, 0.3) is 0 Å². The molecule has 0 fully saturated rings. The molecule has 0 unspecified atom stereocenters. The SMILES string of the molecule is CCc1cc(Nc2nccn3c(-c4c(F)cc(OC)cc4F)cnc23)ccc1C(=O)CCCCOCCN. The van der Waals surface area contributed by atoms with Gasteiger partial charge in [-0.1, -0.05) is 6.92 Å². The van der Waals surface area contributed by atoms with E-state index in [9.17, 15) is 13.6 Å². The third-order valence-electron chi connectivity index (χ3n) is 6.19. The molecule has 2 heterocycles. The Bertz CT molecular complexity index is 1400. The minimum atomic E-state index is -0.758. The van der Waals surface area contributed by atoms with Crippen LogP contribution in [0.4, 0.5) is 20.3 Å². The van der Waals surface area contributed by atoms with Gasteiger partial charge in [0.1, 0.15) is 17.4 Å². The highest BCUT2D eigenvalue weighted by Gasteiger charge is 2.19. The number of hydrogen-bond donors (Lipinski definition) is 2. The number of unbranched alkanes of at least 4 members (excludes halogenated alkanes) is 1. The largest absolute Gasteiger partial charge is 0.497 e. The second kappa shape index (κ2) is 12.6. The van der Waals surface area contributed by atoms with Gasteiger partial charge in [-0.3, -0.25) is 9.20 Å². The molecule has 0 radical (unpaired) electrons. The van der Waals surface area contributed by atoms with Gasteiger partial charge in [-0.2, -0.15) is 0 Å². The van der Waals surface area contributed by atoms with Crippen LogP contribution in [0.3, 0.4) is 0 Å². The fourth-order valence-electron chi connectivity index (χ4n) is 4.29. The van der Waals surface area contributed by atoms with Crippen LogP contribution in [0.1, 0.15) is 42.1 Å². The quantitative estimate of drug-likeness (QED) is 0.181. The van der Waals surface area contributed by atoms with E-state index in [0.717, 1.165) is 36.2 Å². The topological polar surface area (TPSA) is 104 Å². The lowest BCUT2D eigenvalue weighted by Crippen LogP contribution is -2.09. The Labute approximate surface area is 219 Å². The number of Topliss-reactive ketones (excluding diaryl/α,β-unsaturated/α-hetero) is 1. The van der Waals surface area contributed by atoms with Crippen molar-refractivity contribution in [3.8, 4) is 17.0 Å². The molecule has 0 aliphatic heterocycles. The Hall–Kier alpha value is -3.89. The van der Waals surface area contributed by atoms with Gasteiger partial charge in [-0.25, -0.2) is 18.7 Å². The smallest absolute Gasteiger partial charge is 0.180 e. The Morgan fingerprint density at radius 2 is 1.89 bits per heavy atom. The van der Waals surface area contributed by atoms with E-state index in [1.54, 1.807) is 10.6 Å². The molecule has 4 rings (SSSR count). The standard InChI is InChI=1S/C28H31F2N5O3/c1-3-18-14-19(7-8-21(18)25(36)6-4-5-12-38-13-9-31)34-27-28-33-17-24(35(28)11-10-32-27)26-22(29)15-20(37-2)16-23(26)30/h7-8,10-11,14-17H,3-6,9,12-13,31H2,1-2H3,(H,32,34). The van der Waals surface area contributed by atoms with Crippen molar-refractivity contribution in [1.29, 1.82) is 0 Å². The molecule has 0 saturated carbocycles. The zero-order valence-corrected chi connectivity index (χ0v) is 21.5. The summed E-state index contributed by atoms with van der Waals surface area (Å²) >= 11 is 0. The molecule has 0 aliphatic carbocycles. The lowest BCUT2D eigenvalue weighted by molar-refractivity contribution is 0.0968. The minimum absolute atomic E-state index is 0.0896. The molecule has 2 aromatic heterocycles. The number of carbonyl (C=O) groups is 1. The number of methoxy groups -OCH3 is 1. The van der Waals surface area contributed by atoms with Crippen molar-refractivity contribution in [1.82, 2.24) is 14.4 Å². The summed E-state index contributed by atoms with van der Waals surface area (Å²) in [6.07, 6.45) is 7.19. The molecule has 2 aromatic carbocycles. The van der Waals surface area contributed by atoms with E-state index in [4.69, 9.17) is 15.2 Å². The minimum Gasteiger partial charge on any atom is -0.497 e. The van der Waals surface area contributed by atoms with Crippen molar-refractivity contribution in [2.24, 2.45) is 5.73 Å². The number of benzene rings is 2. The molecule has 4 aromatic rings. The van der Waals surface area contributed by atoms with Gasteiger partial charge in [0.2, 0.25) is 0 Å². The highest BCUT2D eigenvalue weighted by atomic mass is 19.1. The van der Waals surface area contributed by atoms with Gasteiger partial charge in [0.15, 0.2) is 17.2 Å². The van der Waals surface area contributed by atoms with Crippen LogP contribution in [-0.4, -0.2) is 47.0 Å². The lowest BCUT2D eigenvalue weighted by atomic mass is 9.97. The molecule has 3 N–H and O–H groups in total. The van der Waals surface area contributed by atoms with Gasteiger partial charge in [0, 0.05) is 55.3 Å². The predicted molar refractivity (Wildman–Crippen MR) is 142 cm³/mol. The Kier molecular flexibility index (Phi) is 8.98. The number of hydrogen-bond acceptors (Lipinski definition) is 7. The second-order valence-corrected chi connectivity index (χ2v) is 8.71. The van der Waals surface area contributed by atoms with Crippen LogP contribution in [0.15, 0.2) is 48.9 Å². The Balaban J connectivity index is 1.54. The van der Waals surface area contributed by atoms with Crippen LogP contribution in [-0.2, 0) is 11.2 Å². The number of halogens is 2. The number of nitrogens with two attached hydrogens (primary N) is 1. The van der Waals surface area contributed by atoms with Crippen molar-refractivity contribution in [2.75, 3.05) is 32.2 Å². The number of carbonyl (C=O) groups excluding carboxylic acids is 1. The molecule has 38 heavy (non-hydrogen) atoms. The molecule has 8 nitrogen and oxygen atoms in total. The van der Waals surface area contributed by atoms with E-state index in [-0.39, 0.29) is 22.8 Å². The van der Waals surface area contributed by atoms with Crippen LogP contribution in [0.5, 0.6) is 5.75 Å². The summed E-state index contributed by atoms with van der Waals surface area (Å²) in [7, 11) is 1.35. The van der Waals surface area contributed by atoms with Crippen LogP contribution in [0.25, 0.3) is 16.9 Å². The predicted octanol–water partition coefficient (Wildman–Crippen LogP) is 5.32. The van der Waals surface area contributed by atoms with Crippen LogP contribution in [0.2, 0.25) is 0 Å². The number of aryl methyl sites for hydroxylation is 1. The summed E-state index contributed by atoms with van der Waals surface area (Å²) in [4.78, 5) is 21.6. The number of imidazole rings is 1. The number of nitrogens with zero attached hydrogens (tertiary/aromatic N) is 3. The van der Waals surface area contributed by atoms with Crippen molar-refractivity contribution in [3.05, 3.63) is 71.7 Å². The Morgan fingerprint density at radius 3 is 2.61 bits per heavy atom.